The number of aliphatic imine (C=N–C) groups is 1. The van der Waals surface area contributed by atoms with Crippen molar-refractivity contribution in [2.75, 3.05) is 14.2 Å². The number of amides is 1. The van der Waals surface area contributed by atoms with E-state index in [2.05, 4.69) is 15.2 Å². The number of benzene rings is 1. The lowest BCUT2D eigenvalue weighted by Crippen LogP contribution is -2.47. The third-order valence-corrected chi connectivity index (χ3v) is 6.43. The first-order valence-corrected chi connectivity index (χ1v) is 10.4. The number of guanidine groups is 1. The van der Waals surface area contributed by atoms with Crippen LogP contribution in [-0.2, 0) is 26.9 Å². The van der Waals surface area contributed by atoms with Crippen molar-refractivity contribution < 1.29 is 22.5 Å². The van der Waals surface area contributed by atoms with Gasteiger partial charge in [0.25, 0.3) is 10.1 Å². The van der Waals surface area contributed by atoms with Crippen LogP contribution in [0.15, 0.2) is 28.1 Å². The first-order chi connectivity index (χ1) is 13.0. The molecule has 0 unspecified atom stereocenters. The van der Waals surface area contributed by atoms with E-state index in [0.717, 1.165) is 5.56 Å². The van der Waals surface area contributed by atoms with Gasteiger partial charge >= 0.3 is 0 Å². The lowest BCUT2D eigenvalue weighted by Gasteiger charge is -2.31. The average Bonchev–Trinajstić information content (AvgIpc) is 3.08. The van der Waals surface area contributed by atoms with Gasteiger partial charge in [-0.05, 0) is 24.6 Å². The SMILES string of the molecule is COc1cc(Cc2nnc([C@]3(C)CC(=O)N(C)C(N)=N3)s2)ccc1S(=O)(=O)O. The van der Waals surface area contributed by atoms with Crippen LogP contribution in [0.1, 0.15) is 28.9 Å². The number of methoxy groups -OCH3 is 1. The Morgan fingerprint density at radius 2 is 2.11 bits per heavy atom. The highest BCUT2D eigenvalue weighted by atomic mass is 32.2. The fraction of sp³-hybridized carbons (Fsp3) is 0.375. The van der Waals surface area contributed by atoms with Crippen LogP contribution in [-0.4, -0.2) is 54.1 Å². The van der Waals surface area contributed by atoms with Crippen molar-refractivity contribution in [2.45, 2.75) is 30.2 Å². The van der Waals surface area contributed by atoms with Gasteiger partial charge in [0, 0.05) is 13.5 Å². The Bertz CT molecular complexity index is 1070. The molecule has 10 nitrogen and oxygen atoms in total. The fourth-order valence-electron chi connectivity index (χ4n) is 2.78. The predicted octanol–water partition coefficient (Wildman–Crippen LogP) is 0.776. The van der Waals surface area contributed by atoms with E-state index in [-0.39, 0.29) is 28.9 Å². The Kier molecular flexibility index (Phi) is 5.12. The Morgan fingerprint density at radius 3 is 2.71 bits per heavy atom. The number of hydrogen-bond donors (Lipinski definition) is 2. The van der Waals surface area contributed by atoms with Crippen LogP contribution in [0.3, 0.4) is 0 Å². The summed E-state index contributed by atoms with van der Waals surface area (Å²) in [4.78, 5) is 17.5. The van der Waals surface area contributed by atoms with Crippen molar-refractivity contribution in [3.8, 4) is 5.75 Å². The van der Waals surface area contributed by atoms with E-state index in [0.29, 0.717) is 16.4 Å². The zero-order valence-corrected chi connectivity index (χ0v) is 17.0. The van der Waals surface area contributed by atoms with Gasteiger partial charge < -0.3 is 10.5 Å². The number of nitrogens with zero attached hydrogens (tertiary/aromatic N) is 4. The van der Waals surface area contributed by atoms with E-state index in [1.165, 1.54) is 35.5 Å². The highest BCUT2D eigenvalue weighted by Gasteiger charge is 2.39. The molecule has 1 aromatic heterocycles. The van der Waals surface area contributed by atoms with Gasteiger partial charge in [-0.2, -0.15) is 8.42 Å². The molecular formula is C16H19N5O5S2. The molecule has 1 aromatic carbocycles. The van der Waals surface area contributed by atoms with E-state index >= 15 is 0 Å². The minimum absolute atomic E-state index is 0.0370. The summed E-state index contributed by atoms with van der Waals surface area (Å²) in [6.07, 6.45) is 0.499. The molecule has 28 heavy (non-hydrogen) atoms. The molecule has 1 atom stereocenters. The average molecular weight is 425 g/mol. The summed E-state index contributed by atoms with van der Waals surface area (Å²) in [6.45, 7) is 1.78. The smallest absolute Gasteiger partial charge is 0.298 e. The summed E-state index contributed by atoms with van der Waals surface area (Å²) in [6, 6.07) is 4.35. The van der Waals surface area contributed by atoms with Crippen LogP contribution >= 0.6 is 11.3 Å². The van der Waals surface area contributed by atoms with Crippen molar-refractivity contribution in [1.29, 1.82) is 0 Å². The molecule has 150 valence electrons. The molecule has 1 aliphatic heterocycles. The van der Waals surface area contributed by atoms with E-state index in [9.17, 15) is 17.8 Å². The Balaban J connectivity index is 1.87. The lowest BCUT2D eigenvalue weighted by molar-refractivity contribution is -0.128. The van der Waals surface area contributed by atoms with Gasteiger partial charge in [0.05, 0.1) is 13.5 Å². The van der Waals surface area contributed by atoms with Crippen LogP contribution in [0, 0.1) is 0 Å². The van der Waals surface area contributed by atoms with Gasteiger partial charge in [-0.1, -0.05) is 17.4 Å². The number of carbonyl (C=O) groups excluding carboxylic acids is 1. The van der Waals surface area contributed by atoms with Gasteiger partial charge in [-0.3, -0.25) is 14.2 Å². The van der Waals surface area contributed by atoms with Crippen molar-refractivity contribution in [3.63, 3.8) is 0 Å². The first-order valence-electron chi connectivity index (χ1n) is 8.12. The number of hydrogen-bond acceptors (Lipinski definition) is 9. The number of ether oxygens (including phenoxy) is 1. The second-order valence-electron chi connectivity index (χ2n) is 6.51. The maximum absolute atomic E-state index is 12.1. The topological polar surface area (TPSA) is 148 Å². The van der Waals surface area contributed by atoms with E-state index in [1.807, 2.05) is 0 Å². The van der Waals surface area contributed by atoms with Crippen molar-refractivity contribution in [2.24, 2.45) is 10.7 Å². The van der Waals surface area contributed by atoms with Gasteiger partial charge in [0.15, 0.2) is 5.96 Å². The van der Waals surface area contributed by atoms with Crippen LogP contribution in [0.2, 0.25) is 0 Å². The first kappa shape index (κ1) is 20.2. The zero-order chi connectivity index (χ0) is 20.7. The van der Waals surface area contributed by atoms with Crippen molar-refractivity contribution >= 4 is 33.3 Å². The maximum Gasteiger partial charge on any atom is 0.298 e. The summed E-state index contributed by atoms with van der Waals surface area (Å²) in [7, 11) is -1.50. The van der Waals surface area contributed by atoms with Gasteiger partial charge in [0.1, 0.15) is 26.2 Å². The molecule has 3 rings (SSSR count). The molecule has 2 heterocycles. The molecule has 1 amide bonds. The maximum atomic E-state index is 12.1. The molecule has 0 saturated carbocycles. The Morgan fingerprint density at radius 1 is 1.39 bits per heavy atom. The Labute approximate surface area is 165 Å². The van der Waals surface area contributed by atoms with Crippen LogP contribution in [0.5, 0.6) is 5.75 Å². The van der Waals surface area contributed by atoms with E-state index in [1.54, 1.807) is 20.0 Å². The minimum atomic E-state index is -4.38. The van der Waals surface area contributed by atoms with Crippen molar-refractivity contribution in [1.82, 2.24) is 15.1 Å². The third kappa shape index (κ3) is 3.84. The second kappa shape index (κ2) is 7.11. The summed E-state index contributed by atoms with van der Waals surface area (Å²) in [5.41, 5.74) is 5.66. The van der Waals surface area contributed by atoms with Gasteiger partial charge in [-0.15, -0.1) is 10.2 Å². The summed E-state index contributed by atoms with van der Waals surface area (Å²) >= 11 is 1.30. The molecule has 0 saturated heterocycles. The third-order valence-electron chi connectivity index (χ3n) is 4.36. The van der Waals surface area contributed by atoms with Crippen LogP contribution < -0.4 is 10.5 Å². The predicted molar refractivity (Wildman–Crippen MR) is 102 cm³/mol. The normalized spacial score (nSPS) is 20.2. The quantitative estimate of drug-likeness (QED) is 0.668. The number of aromatic nitrogens is 2. The fourth-order valence-corrected chi connectivity index (χ4v) is 4.38. The molecule has 0 bridgehead atoms. The molecule has 0 spiro atoms. The molecule has 0 fully saturated rings. The standard InChI is InChI=1S/C16H19N5O5S2/c1-16(8-13(22)21(2)15(17)18-16)14-20-19-12(27-14)7-9-4-5-11(28(23,24)25)10(6-9)26-3/h4-6H,7-8H2,1-3H3,(H2,17,18)(H,23,24,25)/t16-/m0/s1. The molecule has 2 aromatic rings. The zero-order valence-electron chi connectivity index (χ0n) is 15.4. The van der Waals surface area contributed by atoms with Gasteiger partial charge in [-0.25, -0.2) is 4.99 Å². The molecular weight excluding hydrogens is 406 g/mol. The highest BCUT2D eigenvalue weighted by Crippen LogP contribution is 2.35. The van der Waals surface area contributed by atoms with Gasteiger partial charge in [0.2, 0.25) is 5.91 Å². The van der Waals surface area contributed by atoms with Crippen molar-refractivity contribution in [3.05, 3.63) is 33.8 Å². The van der Waals surface area contributed by atoms with Crippen LogP contribution in [0.25, 0.3) is 0 Å². The Hall–Kier alpha value is -2.57. The largest absolute Gasteiger partial charge is 0.495 e. The molecule has 1 aliphatic rings. The second-order valence-corrected chi connectivity index (χ2v) is 8.96. The monoisotopic (exact) mass is 425 g/mol. The number of nitrogens with two attached hydrogens (primary N) is 1. The molecule has 3 N–H and O–H groups in total. The molecule has 0 radical (unpaired) electrons. The number of carbonyl (C=O) groups is 1. The summed E-state index contributed by atoms with van der Waals surface area (Å²) in [5.74, 6) is 0.00770. The summed E-state index contributed by atoms with van der Waals surface area (Å²) in [5, 5.41) is 9.54. The van der Waals surface area contributed by atoms with E-state index < -0.39 is 15.7 Å². The molecule has 12 heteroatoms. The van der Waals surface area contributed by atoms with Crippen LogP contribution in [0.4, 0.5) is 0 Å². The summed E-state index contributed by atoms with van der Waals surface area (Å²) < 4.78 is 37.0. The van der Waals surface area contributed by atoms with E-state index in [4.69, 9.17) is 10.5 Å². The highest BCUT2D eigenvalue weighted by molar-refractivity contribution is 7.86. The number of rotatable bonds is 5. The minimum Gasteiger partial charge on any atom is -0.495 e. The molecule has 0 aliphatic carbocycles. The lowest BCUT2D eigenvalue weighted by atomic mass is 9.97.